The van der Waals surface area contributed by atoms with E-state index in [-0.39, 0.29) is 17.9 Å². The van der Waals surface area contributed by atoms with Gasteiger partial charge in [-0.3, -0.25) is 9.59 Å². The molecule has 0 spiro atoms. The molecule has 1 aliphatic heterocycles. The van der Waals surface area contributed by atoms with Crippen molar-refractivity contribution in [3.05, 3.63) is 28.7 Å². The monoisotopic (exact) mass is 394 g/mol. The van der Waals surface area contributed by atoms with Gasteiger partial charge in [-0.05, 0) is 43.9 Å². The zero-order valence-electron chi connectivity index (χ0n) is 13.7. The van der Waals surface area contributed by atoms with E-state index in [0.29, 0.717) is 18.9 Å². The highest BCUT2D eigenvalue weighted by Gasteiger charge is 2.35. The van der Waals surface area contributed by atoms with E-state index in [2.05, 4.69) is 21.2 Å². The van der Waals surface area contributed by atoms with Gasteiger partial charge in [0.2, 0.25) is 11.8 Å². The summed E-state index contributed by atoms with van der Waals surface area (Å²) in [6.07, 6.45) is 4.13. The maximum Gasteiger partial charge on any atom is 0.225 e. The number of hydrogen-bond acceptors (Lipinski definition) is 3. The molecule has 2 amide bonds. The van der Waals surface area contributed by atoms with E-state index in [4.69, 9.17) is 4.74 Å². The normalized spacial score (nSPS) is 18.3. The van der Waals surface area contributed by atoms with Crippen LogP contribution in [0.15, 0.2) is 28.7 Å². The van der Waals surface area contributed by atoms with Crippen molar-refractivity contribution in [2.24, 2.45) is 5.92 Å². The molecule has 1 aromatic carbocycles. The highest BCUT2D eigenvalue weighted by Crippen LogP contribution is 2.31. The van der Waals surface area contributed by atoms with Crippen molar-refractivity contribution in [1.82, 2.24) is 10.2 Å². The van der Waals surface area contributed by atoms with Crippen LogP contribution in [0, 0.1) is 5.92 Å². The van der Waals surface area contributed by atoms with Gasteiger partial charge in [-0.2, -0.15) is 0 Å². The Bertz CT molecular complexity index is 596. The molecule has 1 saturated carbocycles. The number of carbonyl (C=O) groups is 2. The highest BCUT2D eigenvalue weighted by atomic mass is 79.9. The molecule has 1 aliphatic carbocycles. The predicted octanol–water partition coefficient (Wildman–Crippen LogP) is 2.74. The first-order valence-corrected chi connectivity index (χ1v) is 9.37. The van der Waals surface area contributed by atoms with Gasteiger partial charge in [0.05, 0.1) is 13.0 Å². The second-order valence-electron chi connectivity index (χ2n) is 6.50. The number of nitrogens with zero attached hydrogens (tertiary/aromatic N) is 1. The van der Waals surface area contributed by atoms with Gasteiger partial charge in [0.1, 0.15) is 5.75 Å². The smallest absolute Gasteiger partial charge is 0.225 e. The maximum absolute atomic E-state index is 12.0. The van der Waals surface area contributed by atoms with Crippen molar-refractivity contribution in [2.75, 3.05) is 19.7 Å². The molecular weight excluding hydrogens is 372 g/mol. The third-order valence-electron chi connectivity index (χ3n) is 4.49. The van der Waals surface area contributed by atoms with Crippen LogP contribution in [0.25, 0.3) is 0 Å². The van der Waals surface area contributed by atoms with Crippen molar-refractivity contribution in [3.8, 4) is 5.75 Å². The molecule has 0 aromatic heterocycles. The van der Waals surface area contributed by atoms with Crippen LogP contribution in [0.3, 0.4) is 0 Å². The Morgan fingerprint density at radius 3 is 2.62 bits per heavy atom. The number of halogens is 1. The minimum absolute atomic E-state index is 0.0111. The molecule has 1 N–H and O–H groups in total. The van der Waals surface area contributed by atoms with Gasteiger partial charge in [0, 0.05) is 29.5 Å². The summed E-state index contributed by atoms with van der Waals surface area (Å²) in [7, 11) is 0. The summed E-state index contributed by atoms with van der Waals surface area (Å²) in [5.74, 6) is 1.36. The summed E-state index contributed by atoms with van der Waals surface area (Å²) in [6.45, 7) is 1.88. The molecule has 5 nitrogen and oxygen atoms in total. The lowest BCUT2D eigenvalue weighted by molar-refractivity contribution is -0.133. The van der Waals surface area contributed by atoms with E-state index >= 15 is 0 Å². The third kappa shape index (κ3) is 4.97. The van der Waals surface area contributed by atoms with Crippen molar-refractivity contribution < 1.29 is 14.3 Å². The van der Waals surface area contributed by atoms with Crippen molar-refractivity contribution in [2.45, 2.75) is 38.1 Å². The number of rotatable bonds is 6. The molecule has 0 radical (unpaired) electrons. The summed E-state index contributed by atoms with van der Waals surface area (Å²) < 4.78 is 6.54. The molecule has 6 heteroatoms. The van der Waals surface area contributed by atoms with Crippen LogP contribution >= 0.6 is 15.9 Å². The van der Waals surface area contributed by atoms with Gasteiger partial charge in [-0.25, -0.2) is 0 Å². The molecule has 0 bridgehead atoms. The number of hydrogen-bond donors (Lipinski definition) is 1. The SMILES string of the molecule is O=C(CCOc1cccc(Br)c1)NC1CCN(C(=O)C2CC2)CC1. The Hall–Kier alpha value is -1.56. The molecule has 1 saturated heterocycles. The molecule has 3 rings (SSSR count). The van der Waals surface area contributed by atoms with E-state index in [1.165, 1.54) is 0 Å². The third-order valence-corrected chi connectivity index (χ3v) is 4.99. The van der Waals surface area contributed by atoms with Crippen molar-refractivity contribution in [3.63, 3.8) is 0 Å². The minimum Gasteiger partial charge on any atom is -0.493 e. The quantitative estimate of drug-likeness (QED) is 0.806. The number of amides is 2. The van der Waals surface area contributed by atoms with Gasteiger partial charge >= 0.3 is 0 Å². The number of benzene rings is 1. The average Bonchev–Trinajstić information content (AvgIpc) is 3.40. The van der Waals surface area contributed by atoms with Gasteiger partial charge in [-0.1, -0.05) is 22.0 Å². The van der Waals surface area contributed by atoms with Gasteiger partial charge in [0.25, 0.3) is 0 Å². The van der Waals surface area contributed by atoms with Crippen LogP contribution in [0.5, 0.6) is 5.75 Å². The summed E-state index contributed by atoms with van der Waals surface area (Å²) in [4.78, 5) is 26.0. The van der Waals surface area contributed by atoms with Crippen molar-refractivity contribution in [1.29, 1.82) is 0 Å². The number of likely N-dealkylation sites (tertiary alicyclic amines) is 1. The molecule has 2 aliphatic rings. The van der Waals surface area contributed by atoms with Gasteiger partial charge < -0.3 is 15.0 Å². The van der Waals surface area contributed by atoms with Crippen LogP contribution in [0.2, 0.25) is 0 Å². The van der Waals surface area contributed by atoms with Gasteiger partial charge in [0.15, 0.2) is 0 Å². The lowest BCUT2D eigenvalue weighted by atomic mass is 10.0. The van der Waals surface area contributed by atoms with E-state index in [9.17, 15) is 9.59 Å². The number of piperidine rings is 1. The molecule has 2 fully saturated rings. The fraction of sp³-hybridized carbons (Fsp3) is 0.556. The lowest BCUT2D eigenvalue weighted by Gasteiger charge is -2.32. The fourth-order valence-electron chi connectivity index (χ4n) is 2.95. The Morgan fingerprint density at radius 1 is 1.21 bits per heavy atom. The Morgan fingerprint density at radius 2 is 1.96 bits per heavy atom. The average molecular weight is 395 g/mol. The molecule has 130 valence electrons. The lowest BCUT2D eigenvalue weighted by Crippen LogP contribution is -2.47. The molecular formula is C18H23BrN2O3. The van der Waals surface area contributed by atoms with Crippen LogP contribution in [0.4, 0.5) is 0 Å². The van der Waals surface area contributed by atoms with Gasteiger partial charge in [-0.15, -0.1) is 0 Å². The van der Waals surface area contributed by atoms with Crippen molar-refractivity contribution >= 4 is 27.7 Å². The highest BCUT2D eigenvalue weighted by molar-refractivity contribution is 9.10. The molecule has 1 aromatic rings. The molecule has 24 heavy (non-hydrogen) atoms. The Balaban J connectivity index is 1.33. The van der Waals surface area contributed by atoms with Crippen LogP contribution in [0.1, 0.15) is 32.1 Å². The second kappa shape index (κ2) is 8.01. The van der Waals surface area contributed by atoms with E-state index in [1.807, 2.05) is 29.2 Å². The Labute approximate surface area is 150 Å². The minimum atomic E-state index is 0.0111. The summed E-state index contributed by atoms with van der Waals surface area (Å²) >= 11 is 3.39. The standard InChI is InChI=1S/C18H23BrN2O3/c19-14-2-1-3-16(12-14)24-11-8-17(22)20-15-6-9-21(10-7-15)18(23)13-4-5-13/h1-3,12-13,15H,4-11H2,(H,20,22). The van der Waals surface area contributed by atoms with E-state index in [1.54, 1.807) is 0 Å². The summed E-state index contributed by atoms with van der Waals surface area (Å²) in [5.41, 5.74) is 0. The fourth-order valence-corrected chi connectivity index (χ4v) is 3.33. The molecule has 0 atom stereocenters. The largest absolute Gasteiger partial charge is 0.493 e. The van der Waals surface area contributed by atoms with Crippen LogP contribution in [-0.2, 0) is 9.59 Å². The second-order valence-corrected chi connectivity index (χ2v) is 7.41. The number of ether oxygens (including phenoxy) is 1. The molecule has 1 heterocycles. The Kier molecular flexibility index (Phi) is 5.76. The number of carbonyl (C=O) groups excluding carboxylic acids is 2. The zero-order chi connectivity index (χ0) is 16.9. The first kappa shape index (κ1) is 17.3. The predicted molar refractivity (Wildman–Crippen MR) is 94.7 cm³/mol. The summed E-state index contributed by atoms with van der Waals surface area (Å²) in [5, 5.41) is 3.05. The van der Waals surface area contributed by atoms with E-state index in [0.717, 1.165) is 49.0 Å². The number of nitrogens with one attached hydrogen (secondary N) is 1. The summed E-state index contributed by atoms with van der Waals surface area (Å²) in [6, 6.07) is 7.75. The maximum atomic E-state index is 12.0. The molecule has 0 unspecified atom stereocenters. The van der Waals surface area contributed by atoms with Crippen LogP contribution in [-0.4, -0.2) is 42.5 Å². The first-order chi connectivity index (χ1) is 11.6. The zero-order valence-corrected chi connectivity index (χ0v) is 15.3. The first-order valence-electron chi connectivity index (χ1n) is 8.58. The topological polar surface area (TPSA) is 58.6 Å². The van der Waals surface area contributed by atoms with Crippen LogP contribution < -0.4 is 10.1 Å². The van der Waals surface area contributed by atoms with E-state index < -0.39 is 0 Å².